The predicted molar refractivity (Wildman–Crippen MR) is 96.3 cm³/mol. The molecule has 1 aliphatic rings. The first kappa shape index (κ1) is 15.9. The van der Waals surface area contributed by atoms with Crippen molar-refractivity contribution in [1.29, 1.82) is 0 Å². The van der Waals surface area contributed by atoms with Crippen LogP contribution in [-0.2, 0) is 19.4 Å². The van der Waals surface area contributed by atoms with Crippen LogP contribution in [0, 0.1) is 6.92 Å². The summed E-state index contributed by atoms with van der Waals surface area (Å²) in [5.41, 5.74) is 10.9. The Balaban J connectivity index is 0.00000161. The molecule has 0 atom stereocenters. The summed E-state index contributed by atoms with van der Waals surface area (Å²) in [6, 6.07) is 8.33. The van der Waals surface area contributed by atoms with Crippen molar-refractivity contribution in [1.82, 2.24) is 0 Å². The van der Waals surface area contributed by atoms with Gasteiger partial charge in [-0.2, -0.15) is 0 Å². The van der Waals surface area contributed by atoms with Gasteiger partial charge >= 0.3 is 0 Å². The van der Waals surface area contributed by atoms with E-state index in [1.54, 1.807) is 6.26 Å². The Morgan fingerprint density at radius 3 is 2.86 bits per heavy atom. The van der Waals surface area contributed by atoms with Crippen molar-refractivity contribution in [2.24, 2.45) is 10.7 Å². The number of anilines is 1. The number of benzene rings is 1. The van der Waals surface area contributed by atoms with Gasteiger partial charge in [0.1, 0.15) is 12.3 Å². The van der Waals surface area contributed by atoms with Crippen molar-refractivity contribution < 1.29 is 4.42 Å². The minimum atomic E-state index is 0. The Morgan fingerprint density at radius 2 is 2.10 bits per heavy atom. The standard InChI is InChI=1S/C16H19N3O.HI/c1-11-7-8-20-15(11)10-18-16(17)19-14-6-5-12-3-2-4-13(12)9-14;/h5-9H,2-4,10H2,1H3,(H3,17,18,19);1H. The first-order chi connectivity index (χ1) is 9.72. The van der Waals surface area contributed by atoms with E-state index in [9.17, 15) is 0 Å². The van der Waals surface area contributed by atoms with Gasteiger partial charge in [-0.05, 0) is 61.1 Å². The van der Waals surface area contributed by atoms with Crippen LogP contribution in [0.25, 0.3) is 0 Å². The number of hydrogen-bond donors (Lipinski definition) is 2. The molecular formula is C16H20IN3O. The van der Waals surface area contributed by atoms with E-state index < -0.39 is 0 Å². The lowest BCUT2D eigenvalue weighted by molar-refractivity contribution is 0.510. The summed E-state index contributed by atoms with van der Waals surface area (Å²) in [7, 11) is 0. The van der Waals surface area contributed by atoms with E-state index >= 15 is 0 Å². The molecule has 0 saturated carbocycles. The SMILES string of the molecule is Cc1ccoc1CN=C(N)Nc1ccc2c(c1)CCC2.I. The highest BCUT2D eigenvalue weighted by molar-refractivity contribution is 14.0. The number of nitrogens with two attached hydrogens (primary N) is 1. The number of aliphatic imine (C=N–C) groups is 1. The fourth-order valence-electron chi connectivity index (χ4n) is 2.56. The van der Waals surface area contributed by atoms with Crippen molar-refractivity contribution in [2.75, 3.05) is 5.32 Å². The highest BCUT2D eigenvalue weighted by Gasteiger charge is 2.10. The molecule has 1 aromatic heterocycles. The van der Waals surface area contributed by atoms with Crippen LogP contribution in [-0.4, -0.2) is 5.96 Å². The second kappa shape index (κ2) is 6.98. The van der Waals surface area contributed by atoms with Gasteiger partial charge in [0.05, 0.1) is 6.26 Å². The van der Waals surface area contributed by atoms with Crippen molar-refractivity contribution in [2.45, 2.75) is 32.7 Å². The van der Waals surface area contributed by atoms with E-state index in [1.807, 2.05) is 13.0 Å². The van der Waals surface area contributed by atoms with E-state index in [0.29, 0.717) is 12.5 Å². The molecule has 0 fully saturated rings. The van der Waals surface area contributed by atoms with Gasteiger partial charge in [0.25, 0.3) is 0 Å². The first-order valence-corrected chi connectivity index (χ1v) is 6.94. The third-order valence-electron chi connectivity index (χ3n) is 3.73. The van der Waals surface area contributed by atoms with Crippen molar-refractivity contribution >= 4 is 35.6 Å². The Morgan fingerprint density at radius 1 is 1.29 bits per heavy atom. The van der Waals surface area contributed by atoms with Gasteiger partial charge in [0.2, 0.25) is 0 Å². The van der Waals surface area contributed by atoms with Crippen LogP contribution in [0.2, 0.25) is 0 Å². The molecule has 1 aliphatic carbocycles. The molecule has 0 spiro atoms. The number of fused-ring (bicyclic) bond motifs is 1. The van der Waals surface area contributed by atoms with Gasteiger partial charge in [-0.25, -0.2) is 4.99 Å². The van der Waals surface area contributed by atoms with E-state index in [-0.39, 0.29) is 24.0 Å². The molecule has 3 rings (SSSR count). The molecule has 0 bridgehead atoms. The van der Waals surface area contributed by atoms with Crippen molar-refractivity contribution in [3.63, 3.8) is 0 Å². The van der Waals surface area contributed by atoms with Gasteiger partial charge in [-0.3, -0.25) is 0 Å². The van der Waals surface area contributed by atoms with Crippen LogP contribution in [0.1, 0.15) is 28.9 Å². The Hall–Kier alpha value is -1.50. The molecule has 112 valence electrons. The van der Waals surface area contributed by atoms with E-state index in [2.05, 4.69) is 28.5 Å². The van der Waals surface area contributed by atoms with Crippen LogP contribution < -0.4 is 11.1 Å². The zero-order chi connectivity index (χ0) is 13.9. The first-order valence-electron chi connectivity index (χ1n) is 6.94. The summed E-state index contributed by atoms with van der Waals surface area (Å²) < 4.78 is 5.33. The monoisotopic (exact) mass is 397 g/mol. The molecule has 0 saturated heterocycles. The molecule has 21 heavy (non-hydrogen) atoms. The maximum atomic E-state index is 5.91. The van der Waals surface area contributed by atoms with Gasteiger partial charge in [0.15, 0.2) is 5.96 Å². The number of rotatable bonds is 3. The van der Waals surface area contributed by atoms with Crippen LogP contribution in [0.5, 0.6) is 0 Å². The molecule has 1 heterocycles. The number of aryl methyl sites for hydroxylation is 3. The van der Waals surface area contributed by atoms with Gasteiger partial charge < -0.3 is 15.5 Å². The highest BCUT2D eigenvalue weighted by Crippen LogP contribution is 2.24. The molecule has 2 aromatic rings. The number of hydrogen-bond acceptors (Lipinski definition) is 2. The lowest BCUT2D eigenvalue weighted by Gasteiger charge is -2.07. The summed E-state index contributed by atoms with van der Waals surface area (Å²) in [6.07, 6.45) is 5.27. The van der Waals surface area contributed by atoms with Crippen LogP contribution in [0.4, 0.5) is 5.69 Å². The predicted octanol–water partition coefficient (Wildman–Crippen LogP) is 3.62. The highest BCUT2D eigenvalue weighted by atomic mass is 127. The zero-order valence-electron chi connectivity index (χ0n) is 12.1. The Kier molecular flexibility index (Phi) is 5.27. The molecule has 4 nitrogen and oxygen atoms in total. The average molecular weight is 397 g/mol. The van der Waals surface area contributed by atoms with Crippen molar-refractivity contribution in [3.8, 4) is 0 Å². The molecule has 0 amide bonds. The lowest BCUT2D eigenvalue weighted by atomic mass is 10.1. The summed E-state index contributed by atoms with van der Waals surface area (Å²) >= 11 is 0. The molecule has 3 N–H and O–H groups in total. The quantitative estimate of drug-likeness (QED) is 0.473. The third-order valence-corrected chi connectivity index (χ3v) is 3.73. The van der Waals surface area contributed by atoms with Crippen molar-refractivity contribution in [3.05, 3.63) is 53.0 Å². The summed E-state index contributed by atoms with van der Waals surface area (Å²) in [5, 5.41) is 3.14. The number of nitrogens with zero attached hydrogens (tertiary/aromatic N) is 1. The molecule has 0 radical (unpaired) electrons. The largest absolute Gasteiger partial charge is 0.467 e. The van der Waals surface area contributed by atoms with E-state index in [0.717, 1.165) is 23.4 Å². The maximum Gasteiger partial charge on any atom is 0.193 e. The number of nitrogens with one attached hydrogen (secondary N) is 1. The minimum absolute atomic E-state index is 0. The third kappa shape index (κ3) is 3.78. The topological polar surface area (TPSA) is 63.5 Å². The van der Waals surface area contributed by atoms with Gasteiger partial charge in [-0.15, -0.1) is 24.0 Å². The fraction of sp³-hybridized carbons (Fsp3) is 0.312. The summed E-state index contributed by atoms with van der Waals surface area (Å²) in [6.45, 7) is 2.46. The molecular weight excluding hydrogens is 377 g/mol. The van der Waals surface area contributed by atoms with Gasteiger partial charge in [0, 0.05) is 5.69 Å². The number of guanidine groups is 1. The van der Waals surface area contributed by atoms with Crippen LogP contribution in [0.15, 0.2) is 39.9 Å². The lowest BCUT2D eigenvalue weighted by Crippen LogP contribution is -2.22. The van der Waals surface area contributed by atoms with E-state index in [4.69, 9.17) is 10.2 Å². The molecule has 0 aliphatic heterocycles. The van der Waals surface area contributed by atoms with Gasteiger partial charge in [-0.1, -0.05) is 6.07 Å². The Bertz CT molecular complexity index is 649. The minimum Gasteiger partial charge on any atom is -0.467 e. The molecule has 5 heteroatoms. The second-order valence-corrected chi connectivity index (χ2v) is 5.19. The second-order valence-electron chi connectivity index (χ2n) is 5.19. The van der Waals surface area contributed by atoms with E-state index in [1.165, 1.54) is 24.0 Å². The normalized spacial score (nSPS) is 13.7. The molecule has 0 unspecified atom stereocenters. The fourth-order valence-corrected chi connectivity index (χ4v) is 2.56. The maximum absolute atomic E-state index is 5.91. The van der Waals surface area contributed by atoms with Crippen LogP contribution >= 0.6 is 24.0 Å². The Labute approximate surface area is 141 Å². The summed E-state index contributed by atoms with van der Waals surface area (Å²) in [5.74, 6) is 1.27. The molecule has 1 aromatic carbocycles. The summed E-state index contributed by atoms with van der Waals surface area (Å²) in [4.78, 5) is 4.31. The number of furan rings is 1. The smallest absolute Gasteiger partial charge is 0.193 e. The van der Waals surface area contributed by atoms with Crippen LogP contribution in [0.3, 0.4) is 0 Å². The average Bonchev–Trinajstić information content (AvgIpc) is 3.04. The number of halogens is 1. The zero-order valence-corrected chi connectivity index (χ0v) is 14.4.